The molecule has 148 valence electrons. The molecule has 2 aromatic rings. The lowest BCUT2D eigenvalue weighted by Crippen LogP contribution is -2.52. The first-order valence-corrected chi connectivity index (χ1v) is 10.2. The zero-order chi connectivity index (χ0) is 19.8. The molecule has 0 aromatic heterocycles. The zero-order valence-corrected chi connectivity index (χ0v) is 17.0. The number of carbonyl (C=O) groups excluding carboxylic acids is 1. The Morgan fingerprint density at radius 2 is 1.86 bits per heavy atom. The number of ether oxygens (including phenoxy) is 1. The Kier molecular flexibility index (Phi) is 7.52. The van der Waals surface area contributed by atoms with Crippen LogP contribution in [0.2, 0.25) is 5.02 Å². The lowest BCUT2D eigenvalue weighted by Gasteiger charge is -2.35. The second-order valence-corrected chi connectivity index (χ2v) is 7.35. The molecule has 2 aromatic carbocycles. The first kappa shape index (κ1) is 20.4. The van der Waals surface area contributed by atoms with Crippen molar-refractivity contribution in [2.24, 2.45) is 0 Å². The molecule has 4 nitrogen and oxygen atoms in total. The van der Waals surface area contributed by atoms with Gasteiger partial charge in [0.15, 0.2) is 6.10 Å². The predicted octanol–water partition coefficient (Wildman–Crippen LogP) is 4.36. The largest absolute Gasteiger partial charge is 0.481 e. The maximum absolute atomic E-state index is 12.9. The average Bonchev–Trinajstić information content (AvgIpc) is 2.73. The van der Waals surface area contributed by atoms with Gasteiger partial charge in [-0.3, -0.25) is 9.69 Å². The molecule has 1 heterocycles. The third kappa shape index (κ3) is 5.85. The smallest absolute Gasteiger partial charge is 0.263 e. The standard InChI is InChI=1S/C23H27ClN2O2/c1-2-22(28-21-12-6-11-20(24)18-21)23(27)26-16-14-25(15-17-26)13-7-10-19-8-4-3-5-9-19/h3-12,18,22H,2,13-17H2,1H3/b10-7+/t22-/m1/s1. The van der Waals surface area contributed by atoms with Gasteiger partial charge in [-0.1, -0.05) is 67.1 Å². The summed E-state index contributed by atoms with van der Waals surface area (Å²) >= 11 is 6.01. The number of amides is 1. The van der Waals surface area contributed by atoms with Crippen LogP contribution in [0.4, 0.5) is 0 Å². The van der Waals surface area contributed by atoms with E-state index in [1.807, 2.05) is 42.2 Å². The molecule has 28 heavy (non-hydrogen) atoms. The van der Waals surface area contributed by atoms with Crippen LogP contribution in [0.5, 0.6) is 5.75 Å². The Bertz CT molecular complexity index is 786. The second kappa shape index (κ2) is 10.3. The quantitative estimate of drug-likeness (QED) is 0.694. The molecule has 0 radical (unpaired) electrons. The molecule has 1 amide bonds. The van der Waals surface area contributed by atoms with Crippen LogP contribution in [0, 0.1) is 0 Å². The lowest BCUT2D eigenvalue weighted by atomic mass is 10.2. The number of hydrogen-bond acceptors (Lipinski definition) is 3. The van der Waals surface area contributed by atoms with Gasteiger partial charge in [-0.2, -0.15) is 0 Å². The van der Waals surface area contributed by atoms with Crippen LogP contribution in [0.3, 0.4) is 0 Å². The van der Waals surface area contributed by atoms with Gasteiger partial charge in [0, 0.05) is 37.7 Å². The first-order chi connectivity index (χ1) is 13.7. The van der Waals surface area contributed by atoms with E-state index in [1.54, 1.807) is 12.1 Å². The summed E-state index contributed by atoms with van der Waals surface area (Å²) in [6.45, 7) is 6.07. The van der Waals surface area contributed by atoms with Crippen molar-refractivity contribution in [3.63, 3.8) is 0 Å². The summed E-state index contributed by atoms with van der Waals surface area (Å²) in [5.74, 6) is 0.694. The normalized spacial score (nSPS) is 16.3. The topological polar surface area (TPSA) is 32.8 Å². The number of carbonyl (C=O) groups is 1. The Morgan fingerprint density at radius 1 is 1.11 bits per heavy atom. The Labute approximate surface area is 172 Å². The van der Waals surface area contributed by atoms with Crippen molar-refractivity contribution in [3.8, 4) is 5.75 Å². The van der Waals surface area contributed by atoms with E-state index in [4.69, 9.17) is 16.3 Å². The Hall–Kier alpha value is -2.30. The second-order valence-electron chi connectivity index (χ2n) is 6.91. The Balaban J connectivity index is 1.47. The molecule has 5 heteroatoms. The van der Waals surface area contributed by atoms with Crippen molar-refractivity contribution in [3.05, 3.63) is 71.3 Å². The highest BCUT2D eigenvalue weighted by Gasteiger charge is 2.27. The molecule has 0 N–H and O–H groups in total. The molecule has 0 bridgehead atoms. The number of rotatable bonds is 7. The number of hydrogen-bond donors (Lipinski definition) is 0. The lowest BCUT2D eigenvalue weighted by molar-refractivity contribution is -0.140. The highest BCUT2D eigenvalue weighted by atomic mass is 35.5. The third-order valence-electron chi connectivity index (χ3n) is 4.88. The molecule has 0 unspecified atom stereocenters. The fraction of sp³-hybridized carbons (Fsp3) is 0.348. The predicted molar refractivity (Wildman–Crippen MR) is 115 cm³/mol. The van der Waals surface area contributed by atoms with Crippen LogP contribution in [0.1, 0.15) is 18.9 Å². The van der Waals surface area contributed by atoms with Crippen LogP contribution in [-0.4, -0.2) is 54.5 Å². The van der Waals surface area contributed by atoms with E-state index in [1.165, 1.54) is 5.56 Å². The van der Waals surface area contributed by atoms with Crippen LogP contribution in [0.15, 0.2) is 60.7 Å². The summed E-state index contributed by atoms with van der Waals surface area (Å²) in [6, 6.07) is 17.5. The molecule has 3 rings (SSSR count). The fourth-order valence-electron chi connectivity index (χ4n) is 3.27. The molecule has 0 saturated carbocycles. The zero-order valence-electron chi connectivity index (χ0n) is 16.3. The molecule has 0 aliphatic carbocycles. The molecule has 1 aliphatic heterocycles. The first-order valence-electron chi connectivity index (χ1n) is 9.80. The highest BCUT2D eigenvalue weighted by molar-refractivity contribution is 6.30. The SMILES string of the molecule is CC[C@@H](Oc1cccc(Cl)c1)C(=O)N1CCN(C/C=C/c2ccccc2)CC1. The van der Waals surface area contributed by atoms with Crippen molar-refractivity contribution >= 4 is 23.6 Å². The van der Waals surface area contributed by atoms with Gasteiger partial charge in [0.1, 0.15) is 5.75 Å². The van der Waals surface area contributed by atoms with Gasteiger partial charge >= 0.3 is 0 Å². The van der Waals surface area contributed by atoms with E-state index in [0.29, 0.717) is 17.2 Å². The van der Waals surface area contributed by atoms with E-state index >= 15 is 0 Å². The van der Waals surface area contributed by atoms with Gasteiger partial charge in [0.25, 0.3) is 5.91 Å². The van der Waals surface area contributed by atoms with Crippen molar-refractivity contribution in [2.75, 3.05) is 32.7 Å². The molecule has 1 fully saturated rings. The number of halogens is 1. The monoisotopic (exact) mass is 398 g/mol. The van der Waals surface area contributed by atoms with Crippen molar-refractivity contribution in [1.29, 1.82) is 0 Å². The van der Waals surface area contributed by atoms with Gasteiger partial charge in [-0.25, -0.2) is 0 Å². The summed E-state index contributed by atoms with van der Waals surface area (Å²) < 4.78 is 5.90. The molecule has 0 spiro atoms. The van der Waals surface area contributed by atoms with Gasteiger partial charge < -0.3 is 9.64 Å². The highest BCUT2D eigenvalue weighted by Crippen LogP contribution is 2.20. The fourth-order valence-corrected chi connectivity index (χ4v) is 3.45. The molecule has 1 atom stereocenters. The van der Waals surface area contributed by atoms with Gasteiger partial charge in [0.05, 0.1) is 0 Å². The van der Waals surface area contributed by atoms with E-state index < -0.39 is 6.10 Å². The van der Waals surface area contributed by atoms with Crippen molar-refractivity contribution in [1.82, 2.24) is 9.80 Å². The number of benzene rings is 2. The molecule has 1 aliphatic rings. The van der Waals surface area contributed by atoms with Crippen LogP contribution < -0.4 is 4.74 Å². The van der Waals surface area contributed by atoms with Crippen molar-refractivity contribution < 1.29 is 9.53 Å². The number of nitrogens with zero attached hydrogens (tertiary/aromatic N) is 2. The molecular formula is C23H27ClN2O2. The minimum Gasteiger partial charge on any atom is -0.481 e. The summed E-state index contributed by atoms with van der Waals surface area (Å²) in [6.07, 6.45) is 4.49. The van der Waals surface area contributed by atoms with Gasteiger partial charge in [-0.15, -0.1) is 0 Å². The maximum Gasteiger partial charge on any atom is 0.263 e. The molecular weight excluding hydrogens is 372 g/mol. The van der Waals surface area contributed by atoms with E-state index in [-0.39, 0.29) is 5.91 Å². The van der Waals surface area contributed by atoms with Gasteiger partial charge in [0.2, 0.25) is 0 Å². The van der Waals surface area contributed by atoms with Crippen LogP contribution in [0.25, 0.3) is 6.08 Å². The maximum atomic E-state index is 12.9. The number of piperazine rings is 1. The third-order valence-corrected chi connectivity index (χ3v) is 5.11. The summed E-state index contributed by atoms with van der Waals surface area (Å²) in [5, 5.41) is 0.608. The minimum absolute atomic E-state index is 0.0574. The van der Waals surface area contributed by atoms with Crippen LogP contribution in [-0.2, 0) is 4.79 Å². The minimum atomic E-state index is -0.469. The van der Waals surface area contributed by atoms with E-state index in [2.05, 4.69) is 29.2 Å². The van der Waals surface area contributed by atoms with Gasteiger partial charge in [-0.05, 0) is 30.2 Å². The summed E-state index contributed by atoms with van der Waals surface area (Å²) in [4.78, 5) is 17.1. The summed E-state index contributed by atoms with van der Waals surface area (Å²) in [7, 11) is 0. The van der Waals surface area contributed by atoms with E-state index in [0.717, 1.165) is 32.7 Å². The average molecular weight is 399 g/mol. The summed E-state index contributed by atoms with van der Waals surface area (Å²) in [5.41, 5.74) is 1.21. The molecule has 1 saturated heterocycles. The van der Waals surface area contributed by atoms with Crippen LogP contribution >= 0.6 is 11.6 Å². The van der Waals surface area contributed by atoms with E-state index in [9.17, 15) is 4.79 Å². The Morgan fingerprint density at radius 3 is 2.54 bits per heavy atom. The van der Waals surface area contributed by atoms with Crippen molar-refractivity contribution in [2.45, 2.75) is 19.4 Å².